The van der Waals surface area contributed by atoms with Gasteiger partial charge in [-0.3, -0.25) is 0 Å². The van der Waals surface area contributed by atoms with Crippen molar-refractivity contribution in [1.82, 2.24) is 5.06 Å². The average Bonchev–Trinajstić information content (AvgIpc) is 2.12. The van der Waals surface area contributed by atoms with Gasteiger partial charge in [0.15, 0.2) is 0 Å². The number of aliphatic hydroxyl groups is 6. The number of hydrogen-bond acceptors (Lipinski definition) is 8. The molecule has 2 atom stereocenters. The largest absolute Gasteiger partial charge is 0.385 e. The quantitative estimate of drug-likeness (QED) is 0.212. The minimum absolute atomic E-state index is 0.708. The Labute approximate surface area is 85.2 Å². The van der Waals surface area contributed by atoms with Crippen LogP contribution in [-0.2, 0) is 0 Å². The van der Waals surface area contributed by atoms with Gasteiger partial charge >= 0.3 is 0 Å². The Balaban J connectivity index is 3.24. The minimum atomic E-state index is -3.27. The van der Waals surface area contributed by atoms with Gasteiger partial charge in [-0.2, -0.15) is 0 Å². The van der Waals surface area contributed by atoms with Crippen molar-refractivity contribution in [3.05, 3.63) is 0 Å². The van der Waals surface area contributed by atoms with E-state index in [1.165, 1.54) is 13.8 Å². The Morgan fingerprint density at radius 1 is 0.867 bits per heavy atom. The number of hydroxylamine groups is 2. The molecule has 2 unspecified atom stereocenters. The van der Waals surface area contributed by atoms with Crippen LogP contribution >= 0.6 is 0 Å². The summed E-state index contributed by atoms with van der Waals surface area (Å²) in [6, 6.07) is 0. The first-order valence-corrected chi connectivity index (χ1v) is 4.21. The van der Waals surface area contributed by atoms with Crippen molar-refractivity contribution < 1.29 is 35.8 Å². The van der Waals surface area contributed by atoms with Crippen LogP contribution in [0.2, 0.25) is 0 Å². The van der Waals surface area contributed by atoms with E-state index in [-0.39, 0.29) is 0 Å². The maximum absolute atomic E-state index is 9.45. The van der Waals surface area contributed by atoms with Crippen molar-refractivity contribution in [2.75, 3.05) is 0 Å². The first-order chi connectivity index (χ1) is 6.46. The van der Waals surface area contributed by atoms with Gasteiger partial charge in [-0.15, -0.1) is 0 Å². The van der Waals surface area contributed by atoms with Crippen LogP contribution in [0.4, 0.5) is 0 Å². The standard InChI is InChI=1S/C7H15NO7/c1-5(2)3(9)6(11,12)8(15)7(13,14)4(5)10/h3-4,9-15H,1-2H3. The van der Waals surface area contributed by atoms with Crippen LogP contribution in [-0.4, -0.2) is 64.9 Å². The fourth-order valence-electron chi connectivity index (χ4n) is 1.62. The molecule has 8 heteroatoms. The lowest BCUT2D eigenvalue weighted by Crippen LogP contribution is -2.78. The fourth-order valence-corrected chi connectivity index (χ4v) is 1.62. The molecule has 1 heterocycles. The lowest BCUT2D eigenvalue weighted by molar-refractivity contribution is -0.541. The zero-order chi connectivity index (χ0) is 12.2. The van der Waals surface area contributed by atoms with E-state index in [2.05, 4.69) is 0 Å². The monoisotopic (exact) mass is 225 g/mol. The molecule has 1 saturated heterocycles. The SMILES string of the molecule is CC1(C)C(O)C(O)(O)N(O)C(O)(O)C1O. The number of hydrogen-bond donors (Lipinski definition) is 7. The Morgan fingerprint density at radius 3 is 1.40 bits per heavy atom. The molecule has 90 valence electrons. The highest BCUT2D eigenvalue weighted by Gasteiger charge is 2.67. The number of piperidine rings is 1. The van der Waals surface area contributed by atoms with Crippen LogP contribution in [0.1, 0.15) is 13.8 Å². The topological polar surface area (TPSA) is 145 Å². The molecule has 1 aliphatic heterocycles. The molecule has 8 nitrogen and oxygen atoms in total. The first kappa shape index (κ1) is 12.7. The lowest BCUT2D eigenvalue weighted by atomic mass is 9.74. The second-order valence-corrected chi connectivity index (χ2v) is 4.31. The summed E-state index contributed by atoms with van der Waals surface area (Å²) in [6.45, 7) is 2.36. The molecule has 1 aliphatic rings. The van der Waals surface area contributed by atoms with Gasteiger partial charge in [-0.25, -0.2) is 0 Å². The zero-order valence-corrected chi connectivity index (χ0v) is 8.23. The van der Waals surface area contributed by atoms with E-state index in [1.54, 1.807) is 0 Å². The Morgan fingerprint density at radius 2 is 1.13 bits per heavy atom. The molecule has 15 heavy (non-hydrogen) atoms. The van der Waals surface area contributed by atoms with Gasteiger partial charge in [0.05, 0.1) is 0 Å². The molecule has 0 amide bonds. The highest BCUT2D eigenvalue weighted by Crippen LogP contribution is 2.43. The molecule has 0 aliphatic carbocycles. The van der Waals surface area contributed by atoms with Crippen molar-refractivity contribution in [3.63, 3.8) is 0 Å². The highest BCUT2D eigenvalue weighted by atomic mass is 16.7. The Bertz CT molecular complexity index is 203. The Kier molecular flexibility index (Phi) is 2.63. The molecule has 0 aromatic carbocycles. The van der Waals surface area contributed by atoms with E-state index in [0.717, 1.165) is 0 Å². The van der Waals surface area contributed by atoms with E-state index in [9.17, 15) is 30.6 Å². The summed E-state index contributed by atoms with van der Waals surface area (Å²) in [4.78, 5) is 0. The number of aliphatic hydroxyl groups excluding tert-OH is 2. The first-order valence-electron chi connectivity index (χ1n) is 4.21. The molecule has 0 spiro atoms. The van der Waals surface area contributed by atoms with E-state index in [1.807, 2.05) is 0 Å². The summed E-state index contributed by atoms with van der Waals surface area (Å²) < 4.78 is 0. The second-order valence-electron chi connectivity index (χ2n) is 4.31. The van der Waals surface area contributed by atoms with Gasteiger partial charge in [0.2, 0.25) is 0 Å². The van der Waals surface area contributed by atoms with Crippen molar-refractivity contribution in [2.45, 2.75) is 37.9 Å². The maximum atomic E-state index is 9.45. The van der Waals surface area contributed by atoms with Gasteiger partial charge < -0.3 is 35.8 Å². The van der Waals surface area contributed by atoms with Gasteiger partial charge in [-0.05, 0) is 0 Å². The Hall–Kier alpha value is -0.320. The number of rotatable bonds is 0. The van der Waals surface area contributed by atoms with E-state index in [0.29, 0.717) is 0 Å². The summed E-state index contributed by atoms with van der Waals surface area (Å²) in [5, 5.41) is 64.3. The third-order valence-electron chi connectivity index (χ3n) is 2.77. The van der Waals surface area contributed by atoms with Crippen molar-refractivity contribution in [2.24, 2.45) is 5.41 Å². The van der Waals surface area contributed by atoms with Gasteiger partial charge in [0.1, 0.15) is 12.2 Å². The fraction of sp³-hybridized carbons (Fsp3) is 1.00. The number of nitrogens with zero attached hydrogens (tertiary/aromatic N) is 1. The van der Waals surface area contributed by atoms with Crippen LogP contribution in [0.15, 0.2) is 0 Å². The van der Waals surface area contributed by atoms with E-state index >= 15 is 0 Å². The maximum Gasteiger partial charge on any atom is 0.279 e. The third-order valence-corrected chi connectivity index (χ3v) is 2.77. The van der Waals surface area contributed by atoms with Crippen LogP contribution in [0.25, 0.3) is 0 Å². The lowest BCUT2D eigenvalue weighted by Gasteiger charge is -2.54. The van der Waals surface area contributed by atoms with Crippen LogP contribution in [0.3, 0.4) is 0 Å². The minimum Gasteiger partial charge on any atom is -0.385 e. The summed E-state index contributed by atoms with van der Waals surface area (Å²) in [5.74, 6) is -6.54. The molecule has 1 fully saturated rings. The summed E-state index contributed by atoms with van der Waals surface area (Å²) >= 11 is 0. The van der Waals surface area contributed by atoms with Crippen molar-refractivity contribution in [1.29, 1.82) is 0 Å². The molecule has 0 saturated carbocycles. The molecule has 0 bridgehead atoms. The smallest absolute Gasteiger partial charge is 0.279 e. The molecule has 0 aromatic rings. The molecule has 0 radical (unpaired) electrons. The molecule has 7 N–H and O–H groups in total. The van der Waals surface area contributed by atoms with Gasteiger partial charge in [0.25, 0.3) is 11.8 Å². The van der Waals surface area contributed by atoms with Crippen LogP contribution < -0.4 is 0 Å². The van der Waals surface area contributed by atoms with Gasteiger partial charge in [0, 0.05) is 5.41 Å². The summed E-state index contributed by atoms with van der Waals surface area (Å²) in [6.07, 6.45) is -4.00. The van der Waals surface area contributed by atoms with Crippen molar-refractivity contribution in [3.8, 4) is 0 Å². The second kappa shape index (κ2) is 3.09. The summed E-state index contributed by atoms with van der Waals surface area (Å²) in [5.41, 5.74) is -1.65. The molecule has 1 rings (SSSR count). The van der Waals surface area contributed by atoms with E-state index < -0.39 is 34.5 Å². The van der Waals surface area contributed by atoms with Crippen LogP contribution in [0.5, 0.6) is 0 Å². The normalized spacial score (nSPS) is 39.0. The molecular formula is C7H15NO7. The highest BCUT2D eigenvalue weighted by molar-refractivity contribution is 5.01. The average molecular weight is 225 g/mol. The third kappa shape index (κ3) is 1.47. The van der Waals surface area contributed by atoms with Gasteiger partial charge in [-0.1, -0.05) is 18.9 Å². The predicted octanol–water partition coefficient (Wildman–Crippen LogP) is -3.28. The molecule has 0 aromatic heterocycles. The molecular weight excluding hydrogens is 210 g/mol. The van der Waals surface area contributed by atoms with Crippen molar-refractivity contribution >= 4 is 0 Å². The van der Waals surface area contributed by atoms with Crippen LogP contribution in [0, 0.1) is 5.41 Å². The summed E-state index contributed by atoms with van der Waals surface area (Å²) in [7, 11) is 0. The zero-order valence-electron chi connectivity index (χ0n) is 8.23. The van der Waals surface area contributed by atoms with E-state index in [4.69, 9.17) is 5.21 Å². The predicted molar refractivity (Wildman–Crippen MR) is 43.8 cm³/mol.